The molecule has 4 heteroatoms. The van der Waals surface area contributed by atoms with Crippen LogP contribution in [0.4, 0.5) is 5.82 Å². The van der Waals surface area contributed by atoms with Gasteiger partial charge in [-0.3, -0.25) is 0 Å². The predicted octanol–water partition coefficient (Wildman–Crippen LogP) is 2.21. The van der Waals surface area contributed by atoms with Crippen LogP contribution in [-0.2, 0) is 6.54 Å². The molecule has 0 aliphatic rings. The molecule has 0 amide bonds. The molecule has 4 nitrogen and oxygen atoms in total. The smallest absolute Gasteiger partial charge is 0.151 e. The second-order valence-corrected chi connectivity index (χ2v) is 4.43. The monoisotopic (exact) mass is 236 g/mol. The van der Waals surface area contributed by atoms with E-state index in [2.05, 4.69) is 48.2 Å². The maximum Gasteiger partial charge on any atom is 0.151 e. The lowest BCUT2D eigenvalue weighted by Gasteiger charge is -2.24. The summed E-state index contributed by atoms with van der Waals surface area (Å²) in [4.78, 5) is 2.16. The van der Waals surface area contributed by atoms with Crippen molar-refractivity contribution in [2.45, 2.75) is 46.2 Å². The van der Waals surface area contributed by atoms with Gasteiger partial charge in [-0.25, -0.2) is 0 Å². The lowest BCUT2D eigenvalue weighted by atomic mass is 10.2. The van der Waals surface area contributed by atoms with Crippen LogP contribution in [0.15, 0.2) is 12.1 Å². The molecule has 1 rings (SSSR count). The zero-order chi connectivity index (χ0) is 12.7. The Morgan fingerprint density at radius 3 is 2.59 bits per heavy atom. The molecule has 0 aliphatic heterocycles. The highest BCUT2D eigenvalue weighted by atomic mass is 15.3. The van der Waals surface area contributed by atoms with E-state index in [0.29, 0.717) is 6.04 Å². The summed E-state index contributed by atoms with van der Waals surface area (Å²) in [6.07, 6.45) is 2.25. The van der Waals surface area contributed by atoms with E-state index in [1.807, 2.05) is 12.1 Å². The van der Waals surface area contributed by atoms with E-state index in [9.17, 15) is 0 Å². The minimum absolute atomic E-state index is 0.494. The molecule has 1 N–H and O–H groups in total. The summed E-state index contributed by atoms with van der Waals surface area (Å²) in [5, 5.41) is 11.8. The number of aromatic nitrogens is 2. The topological polar surface area (TPSA) is 41.0 Å². The van der Waals surface area contributed by atoms with Crippen LogP contribution in [-0.4, -0.2) is 29.8 Å². The van der Waals surface area contributed by atoms with E-state index in [0.717, 1.165) is 37.4 Å². The molecule has 0 aromatic carbocycles. The summed E-state index contributed by atoms with van der Waals surface area (Å²) in [6.45, 7) is 8.35. The fraction of sp³-hybridized carbons (Fsp3) is 0.692. The van der Waals surface area contributed by atoms with Gasteiger partial charge in [0.25, 0.3) is 0 Å². The Morgan fingerprint density at radius 1 is 1.29 bits per heavy atom. The Hall–Kier alpha value is -1.16. The highest BCUT2D eigenvalue weighted by Crippen LogP contribution is 2.12. The second-order valence-electron chi connectivity index (χ2n) is 4.43. The molecule has 1 aromatic rings. The van der Waals surface area contributed by atoms with Gasteiger partial charge in [-0.05, 0) is 38.4 Å². The van der Waals surface area contributed by atoms with Crippen molar-refractivity contribution in [3.05, 3.63) is 17.8 Å². The summed E-state index contributed by atoms with van der Waals surface area (Å²) in [6, 6.07) is 4.58. The van der Waals surface area contributed by atoms with E-state index in [1.165, 1.54) is 0 Å². The van der Waals surface area contributed by atoms with Crippen molar-refractivity contribution in [3.63, 3.8) is 0 Å². The van der Waals surface area contributed by atoms with Crippen LogP contribution >= 0.6 is 0 Å². The van der Waals surface area contributed by atoms with Crippen LogP contribution in [0.1, 0.15) is 39.3 Å². The van der Waals surface area contributed by atoms with Gasteiger partial charge >= 0.3 is 0 Å². The molecule has 1 unspecified atom stereocenters. The van der Waals surface area contributed by atoms with E-state index in [-0.39, 0.29) is 0 Å². The highest BCUT2D eigenvalue weighted by molar-refractivity contribution is 5.37. The Kier molecular flexibility index (Phi) is 5.91. The zero-order valence-electron chi connectivity index (χ0n) is 11.4. The normalized spacial score (nSPS) is 12.5. The van der Waals surface area contributed by atoms with Crippen LogP contribution in [0.5, 0.6) is 0 Å². The standard InChI is InChI=1S/C13H24N4/c1-5-9-14-10-12-7-8-13(16-15-12)17(4)11(3)6-2/h7-8,11,14H,5-6,9-10H2,1-4H3. The molecular formula is C13H24N4. The van der Waals surface area contributed by atoms with Gasteiger partial charge in [0.2, 0.25) is 0 Å². The number of anilines is 1. The van der Waals surface area contributed by atoms with Gasteiger partial charge in [0, 0.05) is 19.6 Å². The minimum atomic E-state index is 0.494. The summed E-state index contributed by atoms with van der Waals surface area (Å²) < 4.78 is 0. The lowest BCUT2D eigenvalue weighted by molar-refractivity contribution is 0.639. The molecule has 0 bridgehead atoms. The third kappa shape index (κ3) is 4.30. The lowest BCUT2D eigenvalue weighted by Crippen LogP contribution is -2.29. The molecule has 1 heterocycles. The average Bonchev–Trinajstić information content (AvgIpc) is 2.38. The van der Waals surface area contributed by atoms with Crippen molar-refractivity contribution in [3.8, 4) is 0 Å². The predicted molar refractivity (Wildman–Crippen MR) is 72.2 cm³/mol. The summed E-state index contributed by atoms with van der Waals surface area (Å²) in [5.41, 5.74) is 1.000. The number of rotatable bonds is 7. The number of hydrogen-bond acceptors (Lipinski definition) is 4. The third-order valence-corrected chi connectivity index (χ3v) is 3.05. The third-order valence-electron chi connectivity index (χ3n) is 3.05. The van der Waals surface area contributed by atoms with Crippen LogP contribution in [0.25, 0.3) is 0 Å². The Bertz CT molecular complexity index is 310. The molecule has 0 fully saturated rings. The number of nitrogens with zero attached hydrogens (tertiary/aromatic N) is 3. The van der Waals surface area contributed by atoms with Crippen molar-refractivity contribution in [2.24, 2.45) is 0 Å². The minimum Gasteiger partial charge on any atom is -0.356 e. The molecule has 96 valence electrons. The molecule has 0 saturated carbocycles. The summed E-state index contributed by atoms with van der Waals surface area (Å²) in [7, 11) is 2.06. The van der Waals surface area contributed by atoms with Gasteiger partial charge in [-0.15, -0.1) is 5.10 Å². The van der Waals surface area contributed by atoms with Crippen molar-refractivity contribution < 1.29 is 0 Å². The van der Waals surface area contributed by atoms with E-state index in [1.54, 1.807) is 0 Å². The van der Waals surface area contributed by atoms with Crippen molar-refractivity contribution >= 4 is 5.82 Å². The number of nitrogens with one attached hydrogen (secondary N) is 1. The first-order valence-electron chi connectivity index (χ1n) is 6.45. The van der Waals surface area contributed by atoms with Gasteiger partial charge in [0.05, 0.1) is 5.69 Å². The molecule has 17 heavy (non-hydrogen) atoms. The van der Waals surface area contributed by atoms with Gasteiger partial charge in [0.15, 0.2) is 5.82 Å². The molecular weight excluding hydrogens is 212 g/mol. The molecule has 0 radical (unpaired) electrons. The SMILES string of the molecule is CCCNCc1ccc(N(C)C(C)CC)nn1. The van der Waals surface area contributed by atoms with Crippen LogP contribution in [0.2, 0.25) is 0 Å². The maximum absolute atomic E-state index is 4.26. The first-order chi connectivity index (χ1) is 8.19. The highest BCUT2D eigenvalue weighted by Gasteiger charge is 2.09. The van der Waals surface area contributed by atoms with Gasteiger partial charge in [0.1, 0.15) is 0 Å². The van der Waals surface area contributed by atoms with Crippen molar-refractivity contribution in [1.82, 2.24) is 15.5 Å². The largest absolute Gasteiger partial charge is 0.356 e. The molecule has 1 aromatic heterocycles. The van der Waals surface area contributed by atoms with Gasteiger partial charge in [-0.2, -0.15) is 5.10 Å². The van der Waals surface area contributed by atoms with Crippen LogP contribution < -0.4 is 10.2 Å². The van der Waals surface area contributed by atoms with Crippen molar-refractivity contribution in [1.29, 1.82) is 0 Å². The zero-order valence-corrected chi connectivity index (χ0v) is 11.4. The fourth-order valence-corrected chi connectivity index (χ4v) is 1.53. The average molecular weight is 236 g/mol. The Balaban J connectivity index is 2.55. The maximum atomic E-state index is 4.26. The van der Waals surface area contributed by atoms with E-state index < -0.39 is 0 Å². The molecule has 1 atom stereocenters. The fourth-order valence-electron chi connectivity index (χ4n) is 1.53. The van der Waals surface area contributed by atoms with Gasteiger partial charge < -0.3 is 10.2 Å². The Labute approximate surface area is 104 Å². The van der Waals surface area contributed by atoms with E-state index in [4.69, 9.17) is 0 Å². The van der Waals surface area contributed by atoms with Gasteiger partial charge in [-0.1, -0.05) is 13.8 Å². The van der Waals surface area contributed by atoms with Crippen molar-refractivity contribution in [2.75, 3.05) is 18.5 Å². The Morgan fingerprint density at radius 2 is 2.06 bits per heavy atom. The molecule has 0 saturated heterocycles. The number of hydrogen-bond donors (Lipinski definition) is 1. The summed E-state index contributed by atoms with van der Waals surface area (Å²) in [5.74, 6) is 0.943. The summed E-state index contributed by atoms with van der Waals surface area (Å²) >= 11 is 0. The first kappa shape index (κ1) is 13.9. The quantitative estimate of drug-likeness (QED) is 0.737. The van der Waals surface area contributed by atoms with E-state index >= 15 is 0 Å². The van der Waals surface area contributed by atoms with Crippen LogP contribution in [0.3, 0.4) is 0 Å². The van der Waals surface area contributed by atoms with Crippen LogP contribution in [0, 0.1) is 0 Å². The second kappa shape index (κ2) is 7.22. The molecule has 0 spiro atoms. The molecule has 0 aliphatic carbocycles. The first-order valence-corrected chi connectivity index (χ1v) is 6.45.